The number of aliphatic hydroxyl groups is 2. The third kappa shape index (κ3) is 4.90. The van der Waals surface area contributed by atoms with Gasteiger partial charge in [0, 0.05) is 44.3 Å². The van der Waals surface area contributed by atoms with Crippen molar-refractivity contribution in [3.63, 3.8) is 0 Å². The number of fused-ring (bicyclic) bond motifs is 8. The fraction of sp³-hybridized carbons (Fsp3) is 0. The van der Waals surface area contributed by atoms with Crippen LogP contribution in [0.2, 0.25) is 0 Å². The van der Waals surface area contributed by atoms with Crippen LogP contribution < -0.4 is 0 Å². The van der Waals surface area contributed by atoms with E-state index in [4.69, 9.17) is 9.97 Å². The van der Waals surface area contributed by atoms with Gasteiger partial charge >= 0.3 is 0 Å². The second-order valence-electron chi connectivity index (χ2n) is 12.3. The molecule has 0 saturated carbocycles. The molecule has 6 nitrogen and oxygen atoms in total. The Bertz CT molecular complexity index is 2460. The Morgan fingerprint density at radius 2 is 0.640 bits per heavy atom. The molecule has 50 heavy (non-hydrogen) atoms. The third-order valence-electron chi connectivity index (χ3n) is 9.22. The molecule has 0 radical (unpaired) electrons. The molecule has 0 fully saturated rings. The summed E-state index contributed by atoms with van der Waals surface area (Å²) in [5.74, 6) is -0.574. The molecule has 0 unspecified atom stereocenters. The molecule has 4 aromatic carbocycles. The predicted molar refractivity (Wildman–Crippen MR) is 204 cm³/mol. The Morgan fingerprint density at radius 3 is 0.980 bits per heavy atom. The molecular weight excluding hydrogens is 617 g/mol. The average Bonchev–Trinajstić information content (AvgIpc) is 3.99. The smallest absolute Gasteiger partial charge is 0.186 e. The minimum Gasteiger partial charge on any atom is -0.503 e. The maximum absolute atomic E-state index is 11.7. The summed E-state index contributed by atoms with van der Waals surface area (Å²) in [6, 6.07) is 48.1. The monoisotopic (exact) mass is 646 g/mol. The molecule has 238 valence electrons. The van der Waals surface area contributed by atoms with Gasteiger partial charge in [-0.05, 0) is 58.7 Å². The highest BCUT2D eigenvalue weighted by Gasteiger charge is 2.27. The van der Waals surface area contributed by atoms with E-state index < -0.39 is 0 Å². The molecule has 0 spiro atoms. The molecule has 6 heteroatoms. The van der Waals surface area contributed by atoms with Gasteiger partial charge < -0.3 is 20.2 Å². The number of hydrogen-bond donors (Lipinski definition) is 4. The Kier molecular flexibility index (Phi) is 6.99. The van der Waals surface area contributed by atoms with Gasteiger partial charge in [0.1, 0.15) is 11.4 Å². The number of rotatable bonds is 4. The summed E-state index contributed by atoms with van der Waals surface area (Å²) < 4.78 is 0. The largest absolute Gasteiger partial charge is 0.503 e. The topological polar surface area (TPSA) is 97.8 Å². The number of aliphatic hydroxyl groups excluding tert-OH is 2. The Morgan fingerprint density at radius 1 is 0.340 bits per heavy atom. The first kappa shape index (κ1) is 29.2. The van der Waals surface area contributed by atoms with Gasteiger partial charge in [-0.2, -0.15) is 0 Å². The van der Waals surface area contributed by atoms with Crippen molar-refractivity contribution in [1.82, 2.24) is 19.9 Å². The van der Waals surface area contributed by atoms with Gasteiger partial charge in [0.15, 0.2) is 11.5 Å². The van der Waals surface area contributed by atoms with Crippen molar-refractivity contribution in [3.8, 4) is 44.5 Å². The van der Waals surface area contributed by atoms with Gasteiger partial charge in [-0.3, -0.25) is 0 Å². The van der Waals surface area contributed by atoms with E-state index in [0.717, 1.165) is 66.8 Å². The van der Waals surface area contributed by atoms with Crippen LogP contribution in [0.5, 0.6) is 0 Å². The number of aromatic nitrogens is 4. The van der Waals surface area contributed by atoms with Crippen LogP contribution in [0, 0.1) is 0 Å². The lowest BCUT2D eigenvalue weighted by Crippen LogP contribution is -1.91. The number of H-pyrrole nitrogens is 2. The molecule has 8 bridgehead atoms. The van der Waals surface area contributed by atoms with E-state index in [2.05, 4.69) is 46.4 Å². The fourth-order valence-corrected chi connectivity index (χ4v) is 6.95. The van der Waals surface area contributed by atoms with E-state index >= 15 is 0 Å². The van der Waals surface area contributed by atoms with Gasteiger partial charge in [0.2, 0.25) is 0 Å². The van der Waals surface area contributed by atoms with Crippen LogP contribution in [0.1, 0.15) is 22.8 Å². The summed E-state index contributed by atoms with van der Waals surface area (Å²) in [6.07, 6.45) is 4.14. The molecule has 0 atom stereocenters. The summed E-state index contributed by atoms with van der Waals surface area (Å²) in [5.41, 5.74) is 12.2. The van der Waals surface area contributed by atoms with E-state index in [1.807, 2.05) is 121 Å². The molecule has 2 aliphatic heterocycles. The van der Waals surface area contributed by atoms with E-state index in [9.17, 15) is 10.2 Å². The summed E-state index contributed by atoms with van der Waals surface area (Å²) in [6.45, 7) is 0. The van der Waals surface area contributed by atoms with Crippen molar-refractivity contribution in [2.45, 2.75) is 0 Å². The molecule has 9 rings (SSSR count). The van der Waals surface area contributed by atoms with Crippen LogP contribution in [0.15, 0.2) is 146 Å². The molecule has 3 aromatic heterocycles. The zero-order valence-corrected chi connectivity index (χ0v) is 26.8. The third-order valence-corrected chi connectivity index (χ3v) is 9.22. The highest BCUT2D eigenvalue weighted by Crippen LogP contribution is 2.41. The fourth-order valence-electron chi connectivity index (χ4n) is 6.95. The zero-order valence-electron chi connectivity index (χ0n) is 26.8. The van der Waals surface area contributed by atoms with Crippen LogP contribution >= 0.6 is 0 Å². The molecular formula is C44H30N4O2. The summed E-state index contributed by atoms with van der Waals surface area (Å²) in [7, 11) is 0. The number of nitrogens with one attached hydrogen (secondary N) is 2. The molecule has 5 heterocycles. The predicted octanol–water partition coefficient (Wildman–Crippen LogP) is 11.1. The van der Waals surface area contributed by atoms with E-state index in [0.29, 0.717) is 11.1 Å². The second kappa shape index (κ2) is 12.0. The minimum atomic E-state index is -0.287. The van der Waals surface area contributed by atoms with Crippen LogP contribution in [0.4, 0.5) is 0 Å². The van der Waals surface area contributed by atoms with Crippen LogP contribution in [0.3, 0.4) is 0 Å². The first-order chi connectivity index (χ1) is 24.6. The normalized spacial score (nSPS) is 12.4. The van der Waals surface area contributed by atoms with Gasteiger partial charge in [-0.15, -0.1) is 0 Å². The highest BCUT2D eigenvalue weighted by molar-refractivity contribution is 6.02. The molecule has 4 N–H and O–H groups in total. The van der Waals surface area contributed by atoms with Crippen molar-refractivity contribution in [2.75, 3.05) is 0 Å². The summed E-state index contributed by atoms with van der Waals surface area (Å²) in [5, 5.41) is 23.4. The Labute approximate surface area is 288 Å². The van der Waals surface area contributed by atoms with Crippen molar-refractivity contribution in [3.05, 3.63) is 168 Å². The molecule has 2 aliphatic rings. The Hall–Kier alpha value is -6.92. The molecule has 7 aromatic rings. The lowest BCUT2D eigenvalue weighted by atomic mass is 10.0. The van der Waals surface area contributed by atoms with Gasteiger partial charge in [0.05, 0.1) is 11.4 Å². The number of aromatic amines is 2. The standard InChI is InChI=1S/C44H30N4O2/c49-43-41-39(29-17-9-3-10-18-29)35-25-23-33(46-35)37(27-13-5-1-6-14-27)31-21-22-32(45-31)38(28-15-7-2-8-16-28)34-24-26-36(47-34)40(42(48-41)44(43)50)30-19-11-4-12-20-30/h1-26,46-47,49-50H. The van der Waals surface area contributed by atoms with E-state index in [1.54, 1.807) is 0 Å². The van der Waals surface area contributed by atoms with Crippen molar-refractivity contribution in [2.24, 2.45) is 0 Å². The zero-order chi connectivity index (χ0) is 33.6. The number of benzene rings is 4. The molecule has 0 aliphatic carbocycles. The van der Waals surface area contributed by atoms with Crippen molar-refractivity contribution < 1.29 is 10.2 Å². The van der Waals surface area contributed by atoms with Crippen LogP contribution in [-0.4, -0.2) is 30.1 Å². The van der Waals surface area contributed by atoms with Crippen molar-refractivity contribution >= 4 is 45.7 Å². The highest BCUT2D eigenvalue weighted by atomic mass is 16.3. The minimum absolute atomic E-state index is 0.274. The first-order valence-corrected chi connectivity index (χ1v) is 16.5. The first-order valence-electron chi connectivity index (χ1n) is 16.5. The maximum Gasteiger partial charge on any atom is 0.186 e. The van der Waals surface area contributed by atoms with Gasteiger partial charge in [-0.1, -0.05) is 121 Å². The molecule has 0 amide bonds. The second-order valence-corrected chi connectivity index (χ2v) is 12.3. The van der Waals surface area contributed by atoms with Gasteiger partial charge in [0.25, 0.3) is 0 Å². The Balaban J connectivity index is 1.52. The van der Waals surface area contributed by atoms with E-state index in [1.165, 1.54) is 0 Å². The van der Waals surface area contributed by atoms with E-state index in [-0.39, 0.29) is 22.9 Å². The summed E-state index contributed by atoms with van der Waals surface area (Å²) >= 11 is 0. The SMILES string of the molecule is OC1=C(O)c2nc1c(-c1ccccc1)c1ccc([nH]1)c(-c1ccccc1)c1nc(c(-c3ccccc3)c3ccc([nH]3)c2-c2ccccc2)C=C1. The quantitative estimate of drug-likeness (QED) is 0.153. The van der Waals surface area contributed by atoms with Crippen LogP contribution in [0.25, 0.3) is 90.2 Å². The van der Waals surface area contributed by atoms with Gasteiger partial charge in [-0.25, -0.2) is 9.97 Å². The van der Waals surface area contributed by atoms with Crippen LogP contribution in [-0.2, 0) is 0 Å². The maximum atomic E-state index is 11.7. The lowest BCUT2D eigenvalue weighted by Gasteiger charge is -2.07. The number of hydrogen-bond acceptors (Lipinski definition) is 4. The van der Waals surface area contributed by atoms with Crippen molar-refractivity contribution in [1.29, 1.82) is 0 Å². The summed E-state index contributed by atoms with van der Waals surface area (Å²) in [4.78, 5) is 17.7. The lowest BCUT2D eigenvalue weighted by molar-refractivity contribution is 0.464. The average molecular weight is 647 g/mol. The number of nitrogens with zero attached hydrogens (tertiary/aromatic N) is 2. The molecule has 0 saturated heterocycles.